The summed E-state index contributed by atoms with van der Waals surface area (Å²) in [5.74, 6) is 0.484. The summed E-state index contributed by atoms with van der Waals surface area (Å²) in [6, 6.07) is 21.4. The van der Waals surface area contributed by atoms with E-state index in [4.69, 9.17) is 9.47 Å². The van der Waals surface area contributed by atoms with E-state index in [1.165, 1.54) is 0 Å². The van der Waals surface area contributed by atoms with Crippen molar-refractivity contribution >= 4 is 22.4 Å². The average Bonchev–Trinajstić information content (AvgIpc) is 2.62. The lowest BCUT2D eigenvalue weighted by atomic mass is 10.1. The van der Waals surface area contributed by atoms with Gasteiger partial charge in [-0.1, -0.05) is 42.5 Å². The topological polar surface area (TPSA) is 47.6 Å². The van der Waals surface area contributed by atoms with E-state index in [2.05, 4.69) is 5.32 Å². The molecule has 4 heteroatoms. The van der Waals surface area contributed by atoms with Gasteiger partial charge in [-0.2, -0.15) is 0 Å². The Bertz CT molecular complexity index is 876. The number of hydrogen-bond acceptors (Lipinski definition) is 3. The minimum atomic E-state index is -0.604. The molecule has 3 aromatic rings. The van der Waals surface area contributed by atoms with Crippen molar-refractivity contribution in [3.63, 3.8) is 0 Å². The smallest absolute Gasteiger partial charge is 0.265 e. The van der Waals surface area contributed by atoms with Crippen LogP contribution in [0.15, 0.2) is 66.7 Å². The number of carbonyl (C=O) groups excluding carboxylic acids is 1. The average molecular weight is 335 g/mol. The predicted molar refractivity (Wildman–Crippen MR) is 99.8 cm³/mol. The fourth-order valence-corrected chi connectivity index (χ4v) is 2.65. The highest BCUT2D eigenvalue weighted by Crippen LogP contribution is 2.22. The molecule has 0 aromatic heterocycles. The summed E-state index contributed by atoms with van der Waals surface area (Å²) < 4.78 is 10.9. The molecule has 0 radical (unpaired) electrons. The molecule has 0 aliphatic carbocycles. The number of hydrogen-bond donors (Lipinski definition) is 1. The zero-order chi connectivity index (χ0) is 17.6. The van der Waals surface area contributed by atoms with Crippen LogP contribution in [0.1, 0.15) is 12.5 Å². The van der Waals surface area contributed by atoms with E-state index in [1.54, 1.807) is 14.0 Å². The molecule has 0 heterocycles. The minimum absolute atomic E-state index is 0.192. The third-order valence-electron chi connectivity index (χ3n) is 3.91. The summed E-state index contributed by atoms with van der Waals surface area (Å²) in [5, 5.41) is 5.10. The molecular weight excluding hydrogens is 314 g/mol. The third kappa shape index (κ3) is 4.37. The van der Waals surface area contributed by atoms with Crippen molar-refractivity contribution in [1.29, 1.82) is 0 Å². The Morgan fingerprint density at radius 1 is 1.00 bits per heavy atom. The Morgan fingerprint density at radius 2 is 1.80 bits per heavy atom. The van der Waals surface area contributed by atoms with Crippen LogP contribution in [0.5, 0.6) is 5.75 Å². The zero-order valence-electron chi connectivity index (χ0n) is 14.4. The first-order valence-corrected chi connectivity index (χ1v) is 8.20. The molecule has 0 spiro atoms. The maximum Gasteiger partial charge on any atom is 0.265 e. The number of methoxy groups -OCH3 is 1. The van der Waals surface area contributed by atoms with Gasteiger partial charge >= 0.3 is 0 Å². The number of amides is 1. The number of carbonyl (C=O) groups is 1. The third-order valence-corrected chi connectivity index (χ3v) is 3.91. The molecule has 128 valence electrons. The molecule has 0 unspecified atom stereocenters. The number of anilines is 1. The van der Waals surface area contributed by atoms with Crippen LogP contribution in [-0.4, -0.2) is 19.1 Å². The Hall–Kier alpha value is -2.85. The summed E-state index contributed by atoms with van der Waals surface area (Å²) in [6.07, 6.45) is -0.604. The number of benzene rings is 3. The maximum atomic E-state index is 12.4. The Balaban J connectivity index is 1.66. The lowest BCUT2D eigenvalue weighted by Crippen LogP contribution is -2.30. The van der Waals surface area contributed by atoms with Gasteiger partial charge in [0.1, 0.15) is 5.75 Å². The highest BCUT2D eigenvalue weighted by atomic mass is 16.5. The first-order valence-electron chi connectivity index (χ1n) is 8.20. The van der Waals surface area contributed by atoms with Gasteiger partial charge in [-0.15, -0.1) is 0 Å². The van der Waals surface area contributed by atoms with Crippen molar-refractivity contribution in [2.24, 2.45) is 0 Å². The standard InChI is InChI=1S/C21H21NO3/c1-15(21(23)22-19-9-5-6-16(12-19)14-24-2)25-20-11-10-17-7-3-4-8-18(17)13-20/h3-13,15H,14H2,1-2H3,(H,22,23)/t15-/m1/s1. The van der Waals surface area contributed by atoms with E-state index in [0.717, 1.165) is 22.0 Å². The highest BCUT2D eigenvalue weighted by Gasteiger charge is 2.15. The summed E-state index contributed by atoms with van der Waals surface area (Å²) in [6.45, 7) is 2.25. The van der Waals surface area contributed by atoms with E-state index in [9.17, 15) is 4.79 Å². The fourth-order valence-electron chi connectivity index (χ4n) is 2.65. The number of rotatable bonds is 6. The molecule has 0 saturated heterocycles. The van der Waals surface area contributed by atoms with Crippen LogP contribution >= 0.6 is 0 Å². The number of ether oxygens (including phenoxy) is 2. The van der Waals surface area contributed by atoms with Gasteiger partial charge < -0.3 is 14.8 Å². The number of nitrogens with one attached hydrogen (secondary N) is 1. The molecule has 0 bridgehead atoms. The van der Waals surface area contributed by atoms with Crippen LogP contribution in [0.2, 0.25) is 0 Å². The van der Waals surface area contributed by atoms with Gasteiger partial charge in [0.15, 0.2) is 6.10 Å². The van der Waals surface area contributed by atoms with Crippen molar-refractivity contribution in [2.45, 2.75) is 19.6 Å². The van der Waals surface area contributed by atoms with Crippen LogP contribution in [0.3, 0.4) is 0 Å². The van der Waals surface area contributed by atoms with Gasteiger partial charge in [0.05, 0.1) is 6.61 Å². The first-order chi connectivity index (χ1) is 12.2. The number of fused-ring (bicyclic) bond motifs is 1. The lowest BCUT2D eigenvalue weighted by molar-refractivity contribution is -0.122. The molecule has 0 aliphatic heterocycles. The minimum Gasteiger partial charge on any atom is -0.481 e. The molecule has 1 amide bonds. The molecular formula is C21H21NO3. The lowest BCUT2D eigenvalue weighted by Gasteiger charge is -2.15. The first kappa shape index (κ1) is 17.0. The monoisotopic (exact) mass is 335 g/mol. The van der Waals surface area contributed by atoms with Gasteiger partial charge in [-0.3, -0.25) is 4.79 Å². The largest absolute Gasteiger partial charge is 0.481 e. The molecule has 0 fully saturated rings. The second kappa shape index (κ2) is 7.81. The molecule has 4 nitrogen and oxygen atoms in total. The maximum absolute atomic E-state index is 12.4. The molecule has 0 aliphatic rings. The summed E-state index contributed by atoms with van der Waals surface area (Å²) >= 11 is 0. The van der Waals surface area contributed by atoms with Crippen LogP contribution in [0.25, 0.3) is 10.8 Å². The highest BCUT2D eigenvalue weighted by molar-refractivity contribution is 5.94. The van der Waals surface area contributed by atoms with E-state index >= 15 is 0 Å². The molecule has 1 atom stereocenters. The van der Waals surface area contributed by atoms with E-state index in [1.807, 2.05) is 66.7 Å². The van der Waals surface area contributed by atoms with Gasteiger partial charge in [-0.05, 0) is 47.5 Å². The van der Waals surface area contributed by atoms with Gasteiger partial charge in [0.2, 0.25) is 0 Å². The van der Waals surface area contributed by atoms with E-state index in [-0.39, 0.29) is 5.91 Å². The predicted octanol–water partition coefficient (Wildman–Crippen LogP) is 4.39. The van der Waals surface area contributed by atoms with Crippen LogP contribution < -0.4 is 10.1 Å². The van der Waals surface area contributed by atoms with Crippen molar-refractivity contribution in [3.05, 3.63) is 72.3 Å². The molecule has 3 rings (SSSR count). The second-order valence-corrected chi connectivity index (χ2v) is 5.89. The van der Waals surface area contributed by atoms with Crippen molar-refractivity contribution in [1.82, 2.24) is 0 Å². The summed E-state index contributed by atoms with van der Waals surface area (Å²) in [7, 11) is 1.64. The van der Waals surface area contributed by atoms with Crippen molar-refractivity contribution in [2.75, 3.05) is 12.4 Å². The van der Waals surface area contributed by atoms with E-state index < -0.39 is 6.10 Å². The van der Waals surface area contributed by atoms with Crippen molar-refractivity contribution < 1.29 is 14.3 Å². The van der Waals surface area contributed by atoms with Crippen LogP contribution in [0.4, 0.5) is 5.69 Å². The summed E-state index contributed by atoms with van der Waals surface area (Å²) in [4.78, 5) is 12.4. The van der Waals surface area contributed by atoms with E-state index in [0.29, 0.717) is 12.4 Å². The van der Waals surface area contributed by atoms with Crippen LogP contribution in [-0.2, 0) is 16.1 Å². The molecule has 1 N–H and O–H groups in total. The van der Waals surface area contributed by atoms with Gasteiger partial charge in [-0.25, -0.2) is 0 Å². The normalized spacial score (nSPS) is 11.9. The Kier molecular flexibility index (Phi) is 5.31. The SMILES string of the molecule is COCc1cccc(NC(=O)[C@@H](C)Oc2ccc3ccccc3c2)c1. The zero-order valence-corrected chi connectivity index (χ0v) is 14.4. The van der Waals surface area contributed by atoms with Crippen LogP contribution in [0, 0.1) is 0 Å². The van der Waals surface area contributed by atoms with Gasteiger partial charge in [0, 0.05) is 12.8 Å². The molecule has 25 heavy (non-hydrogen) atoms. The van der Waals surface area contributed by atoms with Gasteiger partial charge in [0.25, 0.3) is 5.91 Å². The quantitative estimate of drug-likeness (QED) is 0.726. The van der Waals surface area contributed by atoms with Crippen molar-refractivity contribution in [3.8, 4) is 5.75 Å². The fraction of sp³-hybridized carbons (Fsp3) is 0.190. The Morgan fingerprint density at radius 3 is 2.60 bits per heavy atom. The Labute approximate surface area is 147 Å². The second-order valence-electron chi connectivity index (χ2n) is 5.89. The molecule has 3 aromatic carbocycles. The summed E-state index contributed by atoms with van der Waals surface area (Å²) in [5.41, 5.74) is 1.73. The molecule has 0 saturated carbocycles.